The molecule has 0 aliphatic carbocycles. The van der Waals surface area contributed by atoms with Gasteiger partial charge in [0.1, 0.15) is 23.1 Å². The smallest absolute Gasteiger partial charge is 0.190 e. The van der Waals surface area contributed by atoms with Gasteiger partial charge in [0.15, 0.2) is 5.96 Å². The molecule has 8 heteroatoms. The number of rotatable bonds is 7. The Kier molecular flexibility index (Phi) is 7.33. The maximum Gasteiger partial charge on any atom is 0.190 e. The van der Waals surface area contributed by atoms with Crippen LogP contribution in [0.4, 0.5) is 0 Å². The summed E-state index contributed by atoms with van der Waals surface area (Å²) < 4.78 is 11.5. The second kappa shape index (κ2) is 10.4. The van der Waals surface area contributed by atoms with Crippen LogP contribution in [-0.2, 0) is 6.42 Å². The van der Waals surface area contributed by atoms with Gasteiger partial charge < -0.3 is 19.8 Å². The predicted molar refractivity (Wildman–Crippen MR) is 135 cm³/mol. The summed E-state index contributed by atoms with van der Waals surface area (Å²) in [6.07, 6.45) is 2.20. The van der Waals surface area contributed by atoms with E-state index >= 15 is 0 Å². The van der Waals surface area contributed by atoms with E-state index in [0.717, 1.165) is 21.9 Å². The highest BCUT2D eigenvalue weighted by Crippen LogP contribution is 2.36. The molecule has 4 aromatic rings. The number of methoxy groups -OCH3 is 1. The summed E-state index contributed by atoms with van der Waals surface area (Å²) >= 11 is 18.7. The van der Waals surface area contributed by atoms with Gasteiger partial charge in [-0.2, -0.15) is 0 Å². The van der Waals surface area contributed by atoms with Crippen molar-refractivity contribution in [3.05, 3.63) is 99.9 Å². The lowest BCUT2D eigenvalue weighted by atomic mass is 10.0. The molecular formula is C25H22Cl3N3O2. The van der Waals surface area contributed by atoms with Gasteiger partial charge in [0, 0.05) is 32.8 Å². The Morgan fingerprint density at radius 1 is 1.00 bits per heavy atom. The monoisotopic (exact) mass is 501 g/mol. The molecule has 1 aromatic heterocycles. The quantitative estimate of drug-likeness (QED) is 0.113. The third-order valence-electron chi connectivity index (χ3n) is 5.22. The van der Waals surface area contributed by atoms with Crippen molar-refractivity contribution in [3.63, 3.8) is 0 Å². The number of furan rings is 1. The van der Waals surface area contributed by atoms with E-state index in [1.807, 2.05) is 48.5 Å². The van der Waals surface area contributed by atoms with Gasteiger partial charge in [-0.15, -0.1) is 0 Å². The minimum absolute atomic E-state index is 0.0384. The highest BCUT2D eigenvalue weighted by atomic mass is 35.5. The van der Waals surface area contributed by atoms with Crippen molar-refractivity contribution in [2.45, 2.75) is 18.0 Å². The minimum Gasteiger partial charge on any atom is -0.496 e. The normalized spacial score (nSPS) is 12.8. The second-order valence-corrected chi connectivity index (χ2v) is 8.87. The van der Waals surface area contributed by atoms with Crippen LogP contribution in [0.5, 0.6) is 5.75 Å². The minimum atomic E-state index is -0.544. The third kappa shape index (κ3) is 5.56. The number of nitrogens with one attached hydrogen (secondary N) is 3. The van der Waals surface area contributed by atoms with Gasteiger partial charge in [0.05, 0.1) is 13.4 Å². The molecule has 3 N–H and O–H groups in total. The number of hydrogen-bond donors (Lipinski definition) is 3. The van der Waals surface area contributed by atoms with E-state index in [-0.39, 0.29) is 5.96 Å². The first-order valence-electron chi connectivity index (χ1n) is 10.2. The fraction of sp³-hybridized carbons (Fsp3) is 0.160. The molecular weight excluding hydrogens is 481 g/mol. The van der Waals surface area contributed by atoms with Gasteiger partial charge in [-0.05, 0) is 35.9 Å². The Hall–Kier alpha value is -2.86. The number of benzene rings is 3. The molecule has 0 amide bonds. The van der Waals surface area contributed by atoms with E-state index in [0.29, 0.717) is 28.0 Å². The van der Waals surface area contributed by atoms with Crippen molar-refractivity contribution in [2.75, 3.05) is 7.11 Å². The van der Waals surface area contributed by atoms with Crippen LogP contribution < -0.4 is 15.4 Å². The van der Waals surface area contributed by atoms with Gasteiger partial charge in [-0.1, -0.05) is 71.2 Å². The summed E-state index contributed by atoms with van der Waals surface area (Å²) in [7, 11) is 1.59. The van der Waals surface area contributed by atoms with Gasteiger partial charge in [-0.3, -0.25) is 5.41 Å². The zero-order chi connectivity index (χ0) is 23.4. The predicted octanol–water partition coefficient (Wildman–Crippen LogP) is 6.76. The van der Waals surface area contributed by atoms with Crippen molar-refractivity contribution >= 4 is 51.5 Å². The summed E-state index contributed by atoms with van der Waals surface area (Å²) in [6, 6.07) is 20.1. The van der Waals surface area contributed by atoms with Gasteiger partial charge in [0.25, 0.3) is 0 Å². The molecule has 33 heavy (non-hydrogen) atoms. The van der Waals surface area contributed by atoms with Crippen LogP contribution in [0.25, 0.3) is 10.8 Å². The Labute approximate surface area is 207 Å². The highest BCUT2D eigenvalue weighted by molar-refractivity contribution is 6.31. The number of fused-ring (bicyclic) bond motifs is 1. The summed E-state index contributed by atoms with van der Waals surface area (Å²) in [6.45, 7) is 0. The fourth-order valence-corrected chi connectivity index (χ4v) is 4.27. The van der Waals surface area contributed by atoms with Gasteiger partial charge in [-0.25, -0.2) is 0 Å². The lowest BCUT2D eigenvalue weighted by Gasteiger charge is -2.23. The average Bonchev–Trinajstić information content (AvgIpc) is 3.23. The molecule has 0 fully saturated rings. The fourth-order valence-electron chi connectivity index (χ4n) is 3.67. The maximum absolute atomic E-state index is 8.55. The molecule has 0 saturated heterocycles. The zero-order valence-electron chi connectivity index (χ0n) is 17.7. The molecule has 0 saturated carbocycles. The summed E-state index contributed by atoms with van der Waals surface area (Å²) in [5.41, 5.74) is 1.23. The first kappa shape index (κ1) is 23.3. The summed E-state index contributed by atoms with van der Waals surface area (Å²) in [5.74, 6) is 1.30. The van der Waals surface area contributed by atoms with Crippen LogP contribution in [-0.4, -0.2) is 18.6 Å². The van der Waals surface area contributed by atoms with Crippen molar-refractivity contribution in [1.82, 2.24) is 10.6 Å². The second-order valence-electron chi connectivity index (χ2n) is 7.47. The number of ether oxygens (including phenoxy) is 1. The molecule has 0 spiro atoms. The Bertz CT molecular complexity index is 1260. The van der Waals surface area contributed by atoms with Crippen LogP contribution in [0, 0.1) is 5.41 Å². The van der Waals surface area contributed by atoms with Crippen molar-refractivity contribution in [1.29, 1.82) is 5.41 Å². The van der Waals surface area contributed by atoms with Gasteiger partial charge >= 0.3 is 0 Å². The Balaban J connectivity index is 1.61. The molecule has 0 aliphatic rings. The summed E-state index contributed by atoms with van der Waals surface area (Å²) in [4.78, 5) is 0. The molecule has 0 aliphatic heterocycles. The maximum atomic E-state index is 8.55. The van der Waals surface area contributed by atoms with Crippen molar-refractivity contribution in [3.8, 4) is 5.75 Å². The van der Waals surface area contributed by atoms with E-state index in [4.69, 9.17) is 49.4 Å². The van der Waals surface area contributed by atoms with Gasteiger partial charge in [0.2, 0.25) is 0 Å². The van der Waals surface area contributed by atoms with E-state index < -0.39 is 11.5 Å². The largest absolute Gasteiger partial charge is 0.496 e. The molecule has 2 unspecified atom stereocenters. The van der Waals surface area contributed by atoms with Crippen LogP contribution in [0.3, 0.4) is 0 Å². The molecule has 5 nitrogen and oxygen atoms in total. The SMILES string of the molecule is COc1ccc(Cl)cc1C(NC(=N)NC(Cl)Cc1ccc(Cl)cc1)c1occ2ccccc12. The molecule has 0 bridgehead atoms. The van der Waals surface area contributed by atoms with Crippen LogP contribution in [0.15, 0.2) is 77.4 Å². The summed E-state index contributed by atoms with van der Waals surface area (Å²) in [5, 5.41) is 17.8. The molecule has 0 radical (unpaired) electrons. The van der Waals surface area contributed by atoms with Crippen molar-refractivity contribution in [2.24, 2.45) is 0 Å². The zero-order valence-corrected chi connectivity index (χ0v) is 20.0. The first-order valence-corrected chi connectivity index (χ1v) is 11.4. The van der Waals surface area contributed by atoms with E-state index in [2.05, 4.69) is 10.6 Å². The number of hydrogen-bond acceptors (Lipinski definition) is 3. The molecule has 170 valence electrons. The van der Waals surface area contributed by atoms with Crippen LogP contribution in [0.2, 0.25) is 10.0 Å². The average molecular weight is 503 g/mol. The number of guanidine groups is 1. The van der Waals surface area contributed by atoms with E-state index in [9.17, 15) is 0 Å². The first-order chi connectivity index (χ1) is 15.9. The number of alkyl halides is 1. The number of halogens is 3. The molecule has 4 rings (SSSR count). The van der Waals surface area contributed by atoms with Crippen molar-refractivity contribution < 1.29 is 9.15 Å². The van der Waals surface area contributed by atoms with Crippen LogP contribution in [0.1, 0.15) is 22.9 Å². The highest BCUT2D eigenvalue weighted by Gasteiger charge is 2.25. The topological polar surface area (TPSA) is 70.3 Å². The Morgan fingerprint density at radius 2 is 1.73 bits per heavy atom. The lowest BCUT2D eigenvalue weighted by Crippen LogP contribution is -2.43. The molecule has 1 heterocycles. The molecule has 2 atom stereocenters. The van der Waals surface area contributed by atoms with E-state index in [1.54, 1.807) is 31.6 Å². The third-order valence-corrected chi connectivity index (χ3v) is 5.97. The van der Waals surface area contributed by atoms with E-state index in [1.165, 1.54) is 0 Å². The Morgan fingerprint density at radius 3 is 2.48 bits per heavy atom. The van der Waals surface area contributed by atoms with Crippen LogP contribution >= 0.6 is 34.8 Å². The lowest BCUT2D eigenvalue weighted by molar-refractivity contribution is 0.400. The molecule has 3 aromatic carbocycles. The standard InChI is InChI=1S/C25H22Cl3N3O2/c1-32-21-11-10-18(27)13-20(21)23(24-19-5-3-2-4-16(19)14-33-24)31-25(29)30-22(28)12-15-6-8-17(26)9-7-15/h2-11,13-14,22-23H,12H2,1H3,(H3,29,30,31).